The Morgan fingerprint density at radius 2 is 1.00 bits per heavy atom. The van der Waals surface area contributed by atoms with Crippen LogP contribution >= 0.6 is 22.7 Å². The molecule has 0 unspecified atom stereocenters. The molecule has 2 aromatic carbocycles. The van der Waals surface area contributed by atoms with Crippen molar-refractivity contribution in [3.8, 4) is 0 Å². The highest BCUT2D eigenvalue weighted by molar-refractivity contribution is 7.22. The van der Waals surface area contributed by atoms with Crippen molar-refractivity contribution in [3.05, 3.63) is 56.6 Å². The van der Waals surface area contributed by atoms with E-state index < -0.39 is 67.0 Å². The number of hydrogen-bond acceptors (Lipinski definition) is 10. The van der Waals surface area contributed by atoms with Crippen LogP contribution in [-0.4, -0.2) is 55.3 Å². The van der Waals surface area contributed by atoms with E-state index >= 15 is 0 Å². The summed E-state index contributed by atoms with van der Waals surface area (Å²) in [5, 5.41) is 22.0. The Hall–Kier alpha value is -4.60. The molecular formula is C20H8F8N6O6S2. The molecule has 12 nitrogen and oxygen atoms in total. The van der Waals surface area contributed by atoms with Crippen molar-refractivity contribution in [2.45, 2.75) is 23.7 Å². The Morgan fingerprint density at radius 1 is 0.667 bits per heavy atom. The second kappa shape index (κ2) is 10.0. The molecule has 0 aliphatic carbocycles. The summed E-state index contributed by atoms with van der Waals surface area (Å²) in [6, 6.07) is 5.56. The number of rotatable bonds is 9. The Bertz CT molecular complexity index is 1650. The number of benzene rings is 2. The number of fused-ring (bicyclic) bond motifs is 2. The van der Waals surface area contributed by atoms with Crippen LogP contribution < -0.4 is 10.6 Å². The standard InChI is InChI=1S/C20H8F8N6O6S2/c21-17(22,13(35)31-15-29-9-3-1-7(33(37)38)5-11(9)41-15)19(25,26)20(27,28)18(23,24)14(36)32-16-30-10-4-2-8(34(39)40)6-12(10)42-16/h1-6H,(H,29,31,35)(H,30,32,36). The van der Waals surface area contributed by atoms with Crippen LogP contribution in [0.3, 0.4) is 0 Å². The van der Waals surface area contributed by atoms with E-state index in [1.165, 1.54) is 0 Å². The van der Waals surface area contributed by atoms with Crippen LogP contribution in [-0.2, 0) is 9.59 Å². The molecule has 0 fully saturated rings. The number of thiazole rings is 2. The summed E-state index contributed by atoms with van der Waals surface area (Å²) in [7, 11) is 0. The minimum atomic E-state index is -7.19. The van der Waals surface area contributed by atoms with Crippen LogP contribution in [0.15, 0.2) is 36.4 Å². The number of carbonyl (C=O) groups is 2. The highest BCUT2D eigenvalue weighted by atomic mass is 32.1. The quantitative estimate of drug-likeness (QED) is 0.130. The van der Waals surface area contributed by atoms with Gasteiger partial charge in [-0.1, -0.05) is 22.7 Å². The van der Waals surface area contributed by atoms with Gasteiger partial charge in [0, 0.05) is 24.3 Å². The van der Waals surface area contributed by atoms with Crippen LogP contribution in [0, 0.1) is 20.2 Å². The van der Waals surface area contributed by atoms with E-state index in [0.717, 1.165) is 47.0 Å². The molecule has 22 heteroatoms. The molecule has 2 aromatic heterocycles. The van der Waals surface area contributed by atoms with Gasteiger partial charge in [0.2, 0.25) is 0 Å². The number of nitro groups is 2. The maximum absolute atomic E-state index is 14.4. The SMILES string of the molecule is O=C(Nc1nc2ccc([N+](=O)[O-])cc2s1)C(F)(F)C(F)(F)C(F)(F)C(F)(F)C(=O)Nc1nc2ccc([N+](=O)[O-])cc2s1. The lowest BCUT2D eigenvalue weighted by molar-refractivity contribution is -0.384. The van der Waals surface area contributed by atoms with E-state index in [0.29, 0.717) is 0 Å². The summed E-state index contributed by atoms with van der Waals surface area (Å²) in [6.45, 7) is 0. The van der Waals surface area contributed by atoms with Crippen molar-refractivity contribution in [3.63, 3.8) is 0 Å². The van der Waals surface area contributed by atoms with Crippen LogP contribution in [0.25, 0.3) is 20.4 Å². The lowest BCUT2D eigenvalue weighted by atomic mass is 9.97. The van der Waals surface area contributed by atoms with E-state index in [4.69, 9.17) is 0 Å². The van der Waals surface area contributed by atoms with Gasteiger partial charge in [-0.3, -0.25) is 40.5 Å². The summed E-state index contributed by atoms with van der Waals surface area (Å²) in [6.07, 6.45) is 0. The monoisotopic (exact) mass is 644 g/mol. The van der Waals surface area contributed by atoms with Crippen molar-refractivity contribution in [2.75, 3.05) is 10.6 Å². The van der Waals surface area contributed by atoms with Crippen molar-refractivity contribution >= 4 is 76.6 Å². The molecule has 0 spiro atoms. The first kappa shape index (κ1) is 30.4. The third kappa shape index (κ3) is 4.91. The average molecular weight is 644 g/mol. The van der Waals surface area contributed by atoms with E-state index in [1.807, 2.05) is 0 Å². The van der Waals surface area contributed by atoms with Gasteiger partial charge in [0.1, 0.15) is 0 Å². The van der Waals surface area contributed by atoms with Gasteiger partial charge < -0.3 is 0 Å². The third-order valence-electron chi connectivity index (χ3n) is 5.36. The number of aromatic nitrogens is 2. The molecule has 2 N–H and O–H groups in total. The number of amides is 2. The number of nitrogens with one attached hydrogen (secondary N) is 2. The fraction of sp³-hybridized carbons (Fsp3) is 0.200. The lowest BCUT2D eigenvalue weighted by Gasteiger charge is -2.35. The first-order valence-electron chi connectivity index (χ1n) is 10.5. The van der Waals surface area contributed by atoms with Gasteiger partial charge in [-0.25, -0.2) is 9.97 Å². The maximum atomic E-state index is 14.4. The number of non-ortho nitro benzene ring substituents is 2. The first-order chi connectivity index (χ1) is 19.3. The van der Waals surface area contributed by atoms with Crippen molar-refractivity contribution < 1.29 is 54.6 Å². The fourth-order valence-electron chi connectivity index (χ4n) is 3.19. The largest absolute Gasteiger partial charge is 0.393 e. The normalized spacial score (nSPS) is 12.9. The van der Waals surface area contributed by atoms with Gasteiger partial charge in [-0.15, -0.1) is 0 Å². The van der Waals surface area contributed by atoms with E-state index in [1.54, 1.807) is 0 Å². The number of alkyl halides is 8. The predicted molar refractivity (Wildman–Crippen MR) is 130 cm³/mol. The van der Waals surface area contributed by atoms with Crippen molar-refractivity contribution in [1.29, 1.82) is 0 Å². The number of anilines is 2. The summed E-state index contributed by atoms with van der Waals surface area (Å²) < 4.78 is 115. The molecule has 0 atom stereocenters. The predicted octanol–water partition coefficient (Wildman–Crippen LogP) is 5.84. The molecule has 0 aliphatic rings. The summed E-state index contributed by atoms with van der Waals surface area (Å²) >= 11 is 0.477. The van der Waals surface area contributed by atoms with Crippen molar-refractivity contribution in [2.24, 2.45) is 0 Å². The topological polar surface area (TPSA) is 170 Å². The molecule has 42 heavy (non-hydrogen) atoms. The molecule has 0 radical (unpaired) electrons. The molecule has 2 heterocycles. The Kier molecular flexibility index (Phi) is 7.26. The van der Waals surface area contributed by atoms with Crippen LogP contribution in [0.1, 0.15) is 0 Å². The highest BCUT2D eigenvalue weighted by Gasteiger charge is 2.84. The van der Waals surface area contributed by atoms with E-state index in [2.05, 4.69) is 9.97 Å². The van der Waals surface area contributed by atoms with Gasteiger partial charge in [-0.2, -0.15) is 35.1 Å². The molecule has 222 valence electrons. The minimum absolute atomic E-state index is 0.118. The maximum Gasteiger partial charge on any atom is 0.393 e. The third-order valence-corrected chi connectivity index (χ3v) is 7.23. The zero-order chi connectivity index (χ0) is 31.4. The molecule has 0 saturated carbocycles. The number of nitrogens with zero attached hydrogens (tertiary/aromatic N) is 4. The average Bonchev–Trinajstić information content (AvgIpc) is 3.49. The molecule has 2 amide bonds. The van der Waals surface area contributed by atoms with Gasteiger partial charge in [-0.05, 0) is 12.1 Å². The second-order valence-corrected chi connectivity index (χ2v) is 10.1. The van der Waals surface area contributed by atoms with Crippen molar-refractivity contribution in [1.82, 2.24) is 9.97 Å². The number of hydrogen-bond donors (Lipinski definition) is 2. The van der Waals surface area contributed by atoms with Crippen LogP contribution in [0.2, 0.25) is 0 Å². The summed E-state index contributed by atoms with van der Waals surface area (Å²) in [5.41, 5.74) is -1.33. The van der Waals surface area contributed by atoms with Gasteiger partial charge in [0.05, 0.1) is 30.3 Å². The number of nitro benzene ring substituents is 2. The second-order valence-electron chi connectivity index (χ2n) is 8.06. The number of halogens is 8. The zero-order valence-electron chi connectivity index (χ0n) is 19.5. The van der Waals surface area contributed by atoms with Crippen LogP contribution in [0.5, 0.6) is 0 Å². The molecule has 4 aromatic rings. The van der Waals surface area contributed by atoms with Crippen LogP contribution in [0.4, 0.5) is 56.8 Å². The smallest absolute Gasteiger partial charge is 0.296 e. The Labute approximate surface area is 232 Å². The molecule has 0 saturated heterocycles. The lowest BCUT2D eigenvalue weighted by Crippen LogP contribution is -2.67. The zero-order valence-corrected chi connectivity index (χ0v) is 21.2. The number of carbonyl (C=O) groups excluding carboxylic acids is 2. The van der Waals surface area contributed by atoms with E-state index in [9.17, 15) is 64.9 Å². The minimum Gasteiger partial charge on any atom is -0.296 e. The van der Waals surface area contributed by atoms with Gasteiger partial charge in [0.25, 0.3) is 11.4 Å². The molecular weight excluding hydrogens is 636 g/mol. The summed E-state index contributed by atoms with van der Waals surface area (Å²) in [5.74, 6) is -33.9. The highest BCUT2D eigenvalue weighted by Crippen LogP contribution is 2.53. The molecule has 0 aliphatic heterocycles. The summed E-state index contributed by atoms with van der Waals surface area (Å²) in [4.78, 5) is 50.8. The first-order valence-corrected chi connectivity index (χ1v) is 12.2. The fourth-order valence-corrected chi connectivity index (χ4v) is 4.98. The van der Waals surface area contributed by atoms with Gasteiger partial charge >= 0.3 is 35.5 Å². The van der Waals surface area contributed by atoms with Gasteiger partial charge in [0.15, 0.2) is 10.3 Å². The molecule has 4 rings (SSSR count). The Morgan fingerprint density at radius 3 is 1.31 bits per heavy atom. The molecule has 0 bridgehead atoms. The van der Waals surface area contributed by atoms with E-state index in [-0.39, 0.29) is 43.1 Å². The Balaban J connectivity index is 1.56.